The largest absolute Gasteiger partial charge is 0.307 e. The molecule has 0 atom stereocenters. The molecule has 0 bridgehead atoms. The lowest BCUT2D eigenvalue weighted by Crippen LogP contribution is -1.97. The third-order valence-corrected chi connectivity index (χ3v) is 9.53. The van der Waals surface area contributed by atoms with Crippen LogP contribution in [0.2, 0.25) is 0 Å². The highest BCUT2D eigenvalue weighted by atomic mass is 32.1. The second-order valence-electron chi connectivity index (χ2n) is 11.3. The lowest BCUT2D eigenvalue weighted by molar-refractivity contribution is 1.16. The lowest BCUT2D eigenvalue weighted by atomic mass is 10.1. The van der Waals surface area contributed by atoms with E-state index in [1.54, 1.807) is 11.3 Å². The molecule has 216 valence electrons. The molecule has 0 saturated carbocycles. The van der Waals surface area contributed by atoms with Gasteiger partial charge in [0.25, 0.3) is 0 Å². The number of aromatic nitrogens is 4. The van der Waals surface area contributed by atoms with Crippen molar-refractivity contribution in [2.45, 2.75) is 0 Å². The molecule has 3 heterocycles. The number of nitrogens with zero attached hydrogens (tertiary/aromatic N) is 4. The Morgan fingerprint density at radius 1 is 0.457 bits per heavy atom. The predicted octanol–water partition coefficient (Wildman–Crippen LogP) is 10.9. The fraction of sp³-hybridized carbons (Fsp3) is 0. The van der Waals surface area contributed by atoms with Crippen molar-refractivity contribution in [2.24, 2.45) is 0 Å². The van der Waals surface area contributed by atoms with Gasteiger partial charge in [-0.1, -0.05) is 115 Å². The van der Waals surface area contributed by atoms with E-state index in [0.717, 1.165) is 60.9 Å². The van der Waals surface area contributed by atoms with Gasteiger partial charge in [-0.25, -0.2) is 15.0 Å². The van der Waals surface area contributed by atoms with Crippen molar-refractivity contribution in [3.05, 3.63) is 158 Å². The molecule has 0 aliphatic carbocycles. The zero-order chi connectivity index (χ0) is 30.5. The second-order valence-corrected chi connectivity index (χ2v) is 12.3. The normalized spacial score (nSPS) is 11.5. The van der Waals surface area contributed by atoms with Gasteiger partial charge in [0, 0.05) is 38.7 Å². The maximum Gasteiger partial charge on any atom is 0.160 e. The monoisotopic (exact) mass is 606 g/mol. The first-order chi connectivity index (χ1) is 22.8. The smallest absolute Gasteiger partial charge is 0.160 e. The van der Waals surface area contributed by atoms with E-state index in [2.05, 4.69) is 120 Å². The van der Waals surface area contributed by atoms with E-state index in [0.29, 0.717) is 5.82 Å². The van der Waals surface area contributed by atoms with E-state index in [9.17, 15) is 0 Å². The number of thiazole rings is 1. The molecule has 0 N–H and O–H groups in total. The van der Waals surface area contributed by atoms with Crippen molar-refractivity contribution < 1.29 is 0 Å². The summed E-state index contributed by atoms with van der Waals surface area (Å²) in [6, 6.07) is 54.8. The topological polar surface area (TPSA) is 43.6 Å². The Bertz CT molecular complexity index is 2440. The number of para-hydroxylation sites is 1. The Morgan fingerprint density at radius 2 is 1.04 bits per heavy atom. The van der Waals surface area contributed by atoms with Crippen LogP contribution >= 0.6 is 11.3 Å². The van der Waals surface area contributed by atoms with Crippen LogP contribution in [0.25, 0.3) is 82.2 Å². The van der Waals surface area contributed by atoms with Crippen molar-refractivity contribution in [3.63, 3.8) is 0 Å². The maximum atomic E-state index is 5.21. The van der Waals surface area contributed by atoms with Gasteiger partial charge in [0.2, 0.25) is 0 Å². The molecule has 0 radical (unpaired) electrons. The first-order valence-corrected chi connectivity index (χ1v) is 16.1. The second kappa shape index (κ2) is 10.9. The van der Waals surface area contributed by atoms with Gasteiger partial charge in [0.1, 0.15) is 10.5 Å². The number of rotatable bonds is 5. The van der Waals surface area contributed by atoms with E-state index in [-0.39, 0.29) is 0 Å². The van der Waals surface area contributed by atoms with Crippen LogP contribution in [0.15, 0.2) is 158 Å². The third kappa shape index (κ3) is 4.48. The number of hydrogen-bond donors (Lipinski definition) is 0. The van der Waals surface area contributed by atoms with Crippen molar-refractivity contribution in [2.75, 3.05) is 0 Å². The van der Waals surface area contributed by atoms with Crippen LogP contribution in [0.3, 0.4) is 0 Å². The first kappa shape index (κ1) is 26.5. The Hall–Kier alpha value is -5.91. The van der Waals surface area contributed by atoms with Crippen LogP contribution in [-0.2, 0) is 0 Å². The molecule has 0 unspecified atom stereocenters. The molecule has 0 fully saturated rings. The van der Waals surface area contributed by atoms with Crippen LogP contribution in [0.1, 0.15) is 0 Å². The summed E-state index contributed by atoms with van der Waals surface area (Å²) in [5, 5.41) is 3.44. The van der Waals surface area contributed by atoms with Gasteiger partial charge in [-0.3, -0.25) is 0 Å². The Kier molecular flexibility index (Phi) is 6.28. The van der Waals surface area contributed by atoms with Crippen LogP contribution in [0, 0.1) is 0 Å². The molecule has 3 aromatic heterocycles. The fourth-order valence-corrected chi connectivity index (χ4v) is 7.24. The molecule has 4 nitrogen and oxygen atoms in total. The molecule has 9 rings (SSSR count). The summed E-state index contributed by atoms with van der Waals surface area (Å²) in [6.45, 7) is 0. The summed E-state index contributed by atoms with van der Waals surface area (Å²) >= 11 is 1.74. The van der Waals surface area contributed by atoms with E-state index >= 15 is 0 Å². The molecule has 0 aliphatic rings. The van der Waals surface area contributed by atoms with E-state index in [1.807, 2.05) is 42.5 Å². The summed E-state index contributed by atoms with van der Waals surface area (Å²) < 4.78 is 3.52. The van der Waals surface area contributed by atoms with Crippen LogP contribution < -0.4 is 0 Å². The summed E-state index contributed by atoms with van der Waals surface area (Å²) in [6.07, 6.45) is 0. The van der Waals surface area contributed by atoms with Crippen molar-refractivity contribution in [3.8, 4) is 50.2 Å². The third-order valence-electron chi connectivity index (χ3n) is 8.46. The van der Waals surface area contributed by atoms with Crippen LogP contribution in [-0.4, -0.2) is 19.5 Å². The maximum absolute atomic E-state index is 5.21. The zero-order valence-electron chi connectivity index (χ0n) is 24.7. The number of benzene rings is 6. The molecular weight excluding hydrogens is 581 g/mol. The Morgan fingerprint density at radius 3 is 1.70 bits per heavy atom. The predicted molar refractivity (Wildman–Crippen MR) is 191 cm³/mol. The van der Waals surface area contributed by atoms with Crippen molar-refractivity contribution in [1.29, 1.82) is 0 Å². The SMILES string of the molecule is c1ccc(-c2cc(-c3ccccc3)nc(-c3ccc(-n4c5ccccc5c5ccc6sc(-c7ccccc7)nc6c54)cc3)n2)cc1. The minimum absolute atomic E-state index is 0.698. The first-order valence-electron chi connectivity index (χ1n) is 15.3. The Balaban J connectivity index is 1.21. The number of fused-ring (bicyclic) bond motifs is 5. The van der Waals surface area contributed by atoms with Gasteiger partial charge in [-0.05, 0) is 42.5 Å². The molecular formula is C41H26N4S. The standard InChI is InChI=1S/C41H26N4S/c1-4-12-27(13-5-1)34-26-35(28-14-6-2-7-15-28)43-40(42-34)29-20-22-31(23-21-29)45-36-19-11-10-18-32(36)33-24-25-37-38(39(33)45)44-41(46-37)30-16-8-3-9-17-30/h1-26H. The minimum Gasteiger partial charge on any atom is -0.307 e. The van der Waals surface area contributed by atoms with Gasteiger partial charge in [0.05, 0.1) is 27.1 Å². The lowest BCUT2D eigenvalue weighted by Gasteiger charge is -2.11. The highest BCUT2D eigenvalue weighted by Crippen LogP contribution is 2.40. The summed E-state index contributed by atoms with van der Waals surface area (Å²) in [5.74, 6) is 0.698. The van der Waals surface area contributed by atoms with Gasteiger partial charge in [-0.2, -0.15) is 0 Å². The molecule has 0 spiro atoms. The quantitative estimate of drug-likeness (QED) is 0.196. The molecule has 0 aliphatic heterocycles. The molecule has 0 saturated heterocycles. The minimum atomic E-state index is 0.698. The van der Waals surface area contributed by atoms with Gasteiger partial charge in [-0.15, -0.1) is 11.3 Å². The van der Waals surface area contributed by atoms with Gasteiger partial charge in [0.15, 0.2) is 5.82 Å². The summed E-state index contributed by atoms with van der Waals surface area (Å²) in [5.41, 5.74) is 10.4. The van der Waals surface area contributed by atoms with E-state index in [1.165, 1.54) is 15.5 Å². The van der Waals surface area contributed by atoms with E-state index < -0.39 is 0 Å². The zero-order valence-corrected chi connectivity index (χ0v) is 25.5. The van der Waals surface area contributed by atoms with Crippen molar-refractivity contribution >= 4 is 43.4 Å². The van der Waals surface area contributed by atoms with Gasteiger partial charge >= 0.3 is 0 Å². The summed E-state index contributed by atoms with van der Waals surface area (Å²) in [4.78, 5) is 15.3. The van der Waals surface area contributed by atoms with Crippen LogP contribution in [0.4, 0.5) is 0 Å². The van der Waals surface area contributed by atoms with Gasteiger partial charge < -0.3 is 4.57 Å². The fourth-order valence-electron chi connectivity index (χ4n) is 6.26. The van der Waals surface area contributed by atoms with Crippen molar-refractivity contribution in [1.82, 2.24) is 19.5 Å². The highest BCUT2D eigenvalue weighted by molar-refractivity contribution is 7.21. The molecule has 6 aromatic carbocycles. The molecule has 5 heteroatoms. The van der Waals surface area contributed by atoms with Crippen LogP contribution in [0.5, 0.6) is 0 Å². The highest BCUT2D eigenvalue weighted by Gasteiger charge is 2.18. The molecule has 46 heavy (non-hydrogen) atoms. The molecule has 0 amide bonds. The Labute approximate surface area is 269 Å². The average molecular weight is 607 g/mol. The number of hydrogen-bond acceptors (Lipinski definition) is 4. The summed E-state index contributed by atoms with van der Waals surface area (Å²) in [7, 11) is 0. The van der Waals surface area contributed by atoms with E-state index in [4.69, 9.17) is 15.0 Å². The molecule has 9 aromatic rings. The average Bonchev–Trinajstić information content (AvgIpc) is 3.73.